The molecule has 0 aliphatic rings. The van der Waals surface area contributed by atoms with Gasteiger partial charge in [0.05, 0.1) is 0 Å². The van der Waals surface area contributed by atoms with Gasteiger partial charge in [0.1, 0.15) is 0 Å². The summed E-state index contributed by atoms with van der Waals surface area (Å²) in [4.78, 5) is 0. The largest absolute Gasteiger partial charge is 1.00 e. The maximum atomic E-state index is 4.57. The van der Waals surface area contributed by atoms with E-state index >= 15 is 0 Å². The number of hydrogen-bond acceptors (Lipinski definition) is 2. The quantitative estimate of drug-likeness (QED) is 0.246. The van der Waals surface area contributed by atoms with Gasteiger partial charge in [0.25, 0.3) is 0 Å². The van der Waals surface area contributed by atoms with E-state index in [0.717, 1.165) is 5.75 Å². The van der Waals surface area contributed by atoms with E-state index < -0.39 is 0 Å². The number of rotatable bonds is 2. The minimum atomic E-state index is 0. The predicted octanol–water partition coefficient (Wildman–Crippen LogP) is -1.40. The Bertz CT molecular complexity index is 16.3. The van der Waals surface area contributed by atoms with Gasteiger partial charge < -0.3 is 22.5 Å². The standard InChI is InChI=1S/C3H8S2.Li/c1-2-3-5-4;/h4H,2-3H2,1H3;/q;+1/p-1. The van der Waals surface area contributed by atoms with Gasteiger partial charge in [0.2, 0.25) is 0 Å². The van der Waals surface area contributed by atoms with Gasteiger partial charge in [-0.3, -0.25) is 0 Å². The normalized spacial score (nSPS) is 7.00. The van der Waals surface area contributed by atoms with Gasteiger partial charge in [0, 0.05) is 0 Å². The Morgan fingerprint density at radius 3 is 2.17 bits per heavy atom. The Morgan fingerprint density at radius 2 is 2.17 bits per heavy atom. The molecule has 0 aliphatic carbocycles. The zero-order chi connectivity index (χ0) is 4.12. The molecule has 0 saturated carbocycles. The van der Waals surface area contributed by atoms with Gasteiger partial charge in [-0.25, -0.2) is 0 Å². The van der Waals surface area contributed by atoms with E-state index in [1.54, 1.807) is 0 Å². The van der Waals surface area contributed by atoms with Crippen molar-refractivity contribution in [2.75, 3.05) is 5.75 Å². The summed E-state index contributed by atoms with van der Waals surface area (Å²) in [7, 11) is 1.48. The SMILES string of the molecule is CCCS[S-].[Li+]. The Hall–Kier alpha value is 1.30. The molecular weight excluding hydrogens is 107 g/mol. The summed E-state index contributed by atoms with van der Waals surface area (Å²) in [6.07, 6.45) is 1.20. The summed E-state index contributed by atoms with van der Waals surface area (Å²) in [5.41, 5.74) is 0. The van der Waals surface area contributed by atoms with Crippen molar-refractivity contribution in [3.05, 3.63) is 0 Å². The molecule has 0 rings (SSSR count). The zero-order valence-corrected chi connectivity index (χ0v) is 5.86. The average molecular weight is 114 g/mol. The van der Waals surface area contributed by atoms with Crippen molar-refractivity contribution in [1.29, 1.82) is 0 Å². The molecule has 0 bridgehead atoms. The molecule has 0 aliphatic heterocycles. The minimum Gasteiger partial charge on any atom is -0.719 e. The van der Waals surface area contributed by atoms with E-state index in [0.29, 0.717) is 0 Å². The first-order chi connectivity index (χ1) is 2.41. The van der Waals surface area contributed by atoms with Crippen molar-refractivity contribution >= 4 is 22.5 Å². The van der Waals surface area contributed by atoms with E-state index in [2.05, 4.69) is 18.6 Å². The summed E-state index contributed by atoms with van der Waals surface area (Å²) in [5.74, 6) is 1.12. The van der Waals surface area contributed by atoms with Gasteiger partial charge in [-0.2, -0.15) is 0 Å². The molecule has 0 nitrogen and oxygen atoms in total. The van der Waals surface area contributed by atoms with E-state index in [4.69, 9.17) is 0 Å². The van der Waals surface area contributed by atoms with Gasteiger partial charge in [0.15, 0.2) is 0 Å². The van der Waals surface area contributed by atoms with E-state index in [-0.39, 0.29) is 18.9 Å². The molecular formula is C3H7LiS2. The Morgan fingerprint density at radius 1 is 1.67 bits per heavy atom. The van der Waals surface area contributed by atoms with Crippen LogP contribution in [0.2, 0.25) is 0 Å². The molecule has 0 radical (unpaired) electrons. The molecule has 32 valence electrons. The molecule has 0 atom stereocenters. The molecule has 0 heterocycles. The van der Waals surface area contributed by atoms with Crippen LogP contribution in [0.1, 0.15) is 13.3 Å². The van der Waals surface area contributed by atoms with Crippen molar-refractivity contribution in [1.82, 2.24) is 0 Å². The fourth-order valence-electron chi connectivity index (χ4n) is 0.0833. The van der Waals surface area contributed by atoms with Crippen LogP contribution in [0.15, 0.2) is 0 Å². The van der Waals surface area contributed by atoms with Crippen LogP contribution >= 0.6 is 10.8 Å². The second kappa shape index (κ2) is 9.57. The summed E-state index contributed by atoms with van der Waals surface area (Å²) >= 11 is 4.57. The van der Waals surface area contributed by atoms with Crippen LogP contribution < -0.4 is 18.9 Å². The van der Waals surface area contributed by atoms with Crippen LogP contribution in [0.3, 0.4) is 0 Å². The fourth-order valence-corrected chi connectivity index (χ4v) is 0.750. The summed E-state index contributed by atoms with van der Waals surface area (Å²) in [6, 6.07) is 0. The molecule has 3 heteroatoms. The third kappa shape index (κ3) is 9.00. The fraction of sp³-hybridized carbons (Fsp3) is 1.00. The monoisotopic (exact) mass is 114 g/mol. The maximum Gasteiger partial charge on any atom is 1.00 e. The van der Waals surface area contributed by atoms with Crippen molar-refractivity contribution < 1.29 is 18.9 Å². The Balaban J connectivity index is 0. The summed E-state index contributed by atoms with van der Waals surface area (Å²) in [5, 5.41) is 0. The molecule has 0 fully saturated rings. The molecule has 0 N–H and O–H groups in total. The molecule has 0 saturated heterocycles. The molecule has 0 unspecified atom stereocenters. The summed E-state index contributed by atoms with van der Waals surface area (Å²) in [6.45, 7) is 2.12. The third-order valence-corrected chi connectivity index (χ3v) is 1.36. The van der Waals surface area contributed by atoms with Crippen molar-refractivity contribution in [2.45, 2.75) is 13.3 Å². The molecule has 0 aromatic rings. The van der Waals surface area contributed by atoms with Crippen LogP contribution in [-0.4, -0.2) is 5.75 Å². The zero-order valence-electron chi connectivity index (χ0n) is 4.23. The van der Waals surface area contributed by atoms with Crippen molar-refractivity contribution in [2.24, 2.45) is 0 Å². The second-order valence-electron chi connectivity index (χ2n) is 0.822. The molecule has 0 aromatic heterocycles. The van der Waals surface area contributed by atoms with Gasteiger partial charge in [-0.05, 0) is 12.2 Å². The second-order valence-corrected chi connectivity index (χ2v) is 2.17. The first kappa shape index (κ1) is 10.3. The van der Waals surface area contributed by atoms with Crippen LogP contribution in [0, 0.1) is 0 Å². The smallest absolute Gasteiger partial charge is 0.719 e. The Kier molecular flexibility index (Phi) is 16.4. The van der Waals surface area contributed by atoms with Gasteiger partial charge >= 0.3 is 18.9 Å². The first-order valence-corrected chi connectivity index (χ1v) is 3.57. The molecule has 0 aromatic carbocycles. The van der Waals surface area contributed by atoms with Crippen LogP contribution in [0.25, 0.3) is 0 Å². The molecule has 0 amide bonds. The van der Waals surface area contributed by atoms with E-state index in [1.807, 2.05) is 0 Å². The van der Waals surface area contributed by atoms with Crippen LogP contribution in [0.5, 0.6) is 0 Å². The first-order valence-electron chi connectivity index (χ1n) is 1.66. The number of hydrogen-bond donors (Lipinski definition) is 0. The molecule has 0 spiro atoms. The van der Waals surface area contributed by atoms with Crippen molar-refractivity contribution in [3.8, 4) is 0 Å². The van der Waals surface area contributed by atoms with Gasteiger partial charge in [-0.1, -0.05) is 6.92 Å². The van der Waals surface area contributed by atoms with E-state index in [9.17, 15) is 0 Å². The maximum absolute atomic E-state index is 4.57. The van der Waals surface area contributed by atoms with E-state index in [1.165, 1.54) is 17.2 Å². The minimum absolute atomic E-state index is 0. The molecule has 6 heavy (non-hydrogen) atoms. The van der Waals surface area contributed by atoms with Gasteiger partial charge in [-0.15, -0.1) is 0 Å². The van der Waals surface area contributed by atoms with Crippen LogP contribution in [-0.2, 0) is 11.7 Å². The predicted molar refractivity (Wildman–Crippen MR) is 30.1 cm³/mol. The Labute approximate surface area is 60.4 Å². The third-order valence-electron chi connectivity index (χ3n) is 0.287. The van der Waals surface area contributed by atoms with Crippen molar-refractivity contribution in [3.63, 3.8) is 0 Å². The summed E-state index contributed by atoms with van der Waals surface area (Å²) < 4.78 is 0. The van der Waals surface area contributed by atoms with Crippen LogP contribution in [0.4, 0.5) is 0 Å². The average Bonchev–Trinajstić information content (AvgIpc) is 1.41. The topological polar surface area (TPSA) is 0 Å².